The fourth-order valence-electron chi connectivity index (χ4n) is 5.58. The Bertz CT molecular complexity index is 1030. The Balaban J connectivity index is 1.35. The summed E-state index contributed by atoms with van der Waals surface area (Å²) in [4.78, 5) is 19.7. The number of hydrogen-bond donors (Lipinski definition) is 1. The van der Waals surface area contributed by atoms with Gasteiger partial charge in [0, 0.05) is 45.5 Å². The van der Waals surface area contributed by atoms with E-state index >= 15 is 0 Å². The fourth-order valence-corrected chi connectivity index (χ4v) is 5.58. The van der Waals surface area contributed by atoms with Crippen LogP contribution in [0.3, 0.4) is 0 Å². The number of nitrogens with zero attached hydrogens (tertiary/aromatic N) is 2. The molecule has 0 spiro atoms. The van der Waals surface area contributed by atoms with Crippen molar-refractivity contribution >= 4 is 11.8 Å². The number of rotatable bonds is 14. The summed E-state index contributed by atoms with van der Waals surface area (Å²) in [7, 11) is 4.76. The van der Waals surface area contributed by atoms with Crippen molar-refractivity contribution in [1.82, 2.24) is 9.88 Å². The Morgan fingerprint density at radius 1 is 1.16 bits per heavy atom. The van der Waals surface area contributed by atoms with Crippen LogP contribution in [0.5, 0.6) is 5.75 Å². The molecule has 0 radical (unpaired) electrons. The molecular formula is C30H43N3O5. The van der Waals surface area contributed by atoms with Crippen LogP contribution in [-0.2, 0) is 31.8 Å². The summed E-state index contributed by atoms with van der Waals surface area (Å²) < 4.78 is 21.7. The Morgan fingerprint density at radius 2 is 2.00 bits per heavy atom. The Hall–Kier alpha value is -2.68. The molecule has 2 aromatic rings. The average molecular weight is 526 g/mol. The first-order valence-electron chi connectivity index (χ1n) is 13.8. The van der Waals surface area contributed by atoms with Crippen LogP contribution >= 0.6 is 0 Å². The van der Waals surface area contributed by atoms with Gasteiger partial charge in [-0.15, -0.1) is 0 Å². The fraction of sp³-hybridized carbons (Fsp3) is 0.600. The summed E-state index contributed by atoms with van der Waals surface area (Å²) >= 11 is 0. The molecule has 38 heavy (non-hydrogen) atoms. The van der Waals surface area contributed by atoms with E-state index in [1.165, 1.54) is 31.2 Å². The SMILES string of the molecule is COCC(COC)Oc1cccc(C(CC(=O)OC)CN2CCC(CCc3ccc4c(n3)NCCC4)C2)c1. The van der Waals surface area contributed by atoms with E-state index in [1.807, 2.05) is 18.2 Å². The molecule has 2 aliphatic rings. The van der Waals surface area contributed by atoms with Crippen molar-refractivity contribution < 1.29 is 23.7 Å². The number of nitrogens with one attached hydrogen (secondary N) is 1. The second kappa shape index (κ2) is 14.5. The number of carbonyl (C=O) groups excluding carboxylic acids is 1. The maximum atomic E-state index is 12.3. The van der Waals surface area contributed by atoms with Gasteiger partial charge >= 0.3 is 5.97 Å². The molecule has 0 saturated carbocycles. The second-order valence-electron chi connectivity index (χ2n) is 10.5. The second-order valence-corrected chi connectivity index (χ2v) is 10.5. The lowest BCUT2D eigenvalue weighted by atomic mass is 9.94. The standard InChI is InChI=1S/C30H43N3O5/c1-35-20-28(21-36-2)38-27-8-4-6-24(16-27)25(17-29(34)37-3)19-33-15-13-22(18-33)9-11-26-12-10-23-7-5-14-31-30(23)32-26/h4,6,8,10,12,16,22,25,28H,5,7,9,11,13-15,17-21H2,1-3H3,(H,31,32). The van der Waals surface area contributed by atoms with Gasteiger partial charge in [0.05, 0.1) is 26.7 Å². The predicted octanol–water partition coefficient (Wildman–Crippen LogP) is 4.08. The highest BCUT2D eigenvalue weighted by atomic mass is 16.6. The van der Waals surface area contributed by atoms with Gasteiger partial charge in [0.1, 0.15) is 17.7 Å². The first kappa shape index (κ1) is 28.3. The van der Waals surface area contributed by atoms with Gasteiger partial charge in [-0.25, -0.2) is 4.98 Å². The van der Waals surface area contributed by atoms with Gasteiger partial charge in [0.25, 0.3) is 0 Å². The molecule has 8 heteroatoms. The minimum atomic E-state index is -0.195. The first-order chi connectivity index (χ1) is 18.6. The lowest BCUT2D eigenvalue weighted by Gasteiger charge is -2.25. The highest BCUT2D eigenvalue weighted by Crippen LogP contribution is 2.30. The molecule has 2 aliphatic heterocycles. The molecule has 1 saturated heterocycles. The highest BCUT2D eigenvalue weighted by Gasteiger charge is 2.27. The summed E-state index contributed by atoms with van der Waals surface area (Å²) in [5.74, 6) is 2.30. The lowest BCUT2D eigenvalue weighted by Crippen LogP contribution is -2.29. The van der Waals surface area contributed by atoms with Crippen LogP contribution in [0, 0.1) is 5.92 Å². The highest BCUT2D eigenvalue weighted by molar-refractivity contribution is 5.70. The van der Waals surface area contributed by atoms with E-state index in [0.29, 0.717) is 25.6 Å². The number of fused-ring (bicyclic) bond motifs is 1. The Kier molecular flexibility index (Phi) is 10.8. The number of pyridine rings is 1. The molecule has 1 aromatic carbocycles. The van der Waals surface area contributed by atoms with Crippen LogP contribution in [0.2, 0.25) is 0 Å². The summed E-state index contributed by atoms with van der Waals surface area (Å²) in [6.45, 7) is 4.80. The number of methoxy groups -OCH3 is 3. The summed E-state index contributed by atoms with van der Waals surface area (Å²) in [6, 6.07) is 12.5. The van der Waals surface area contributed by atoms with Gasteiger partial charge in [0.15, 0.2) is 0 Å². The van der Waals surface area contributed by atoms with Crippen LogP contribution in [0.4, 0.5) is 5.82 Å². The lowest BCUT2D eigenvalue weighted by molar-refractivity contribution is -0.141. The van der Waals surface area contributed by atoms with E-state index < -0.39 is 0 Å². The van der Waals surface area contributed by atoms with Crippen LogP contribution in [0.15, 0.2) is 36.4 Å². The molecule has 8 nitrogen and oxygen atoms in total. The topological polar surface area (TPSA) is 82.2 Å². The first-order valence-corrected chi connectivity index (χ1v) is 13.8. The third-order valence-electron chi connectivity index (χ3n) is 7.59. The van der Waals surface area contributed by atoms with Crippen LogP contribution in [0.1, 0.15) is 48.4 Å². The van der Waals surface area contributed by atoms with Crippen molar-refractivity contribution in [3.63, 3.8) is 0 Å². The minimum absolute atomic E-state index is 0.0291. The molecular weight excluding hydrogens is 482 g/mol. The zero-order valence-corrected chi connectivity index (χ0v) is 23.1. The number of esters is 1. The van der Waals surface area contributed by atoms with Gasteiger partial charge in [-0.2, -0.15) is 0 Å². The number of likely N-dealkylation sites (tertiary alicyclic amines) is 1. The molecule has 2 atom stereocenters. The number of hydrogen-bond acceptors (Lipinski definition) is 8. The van der Waals surface area contributed by atoms with Crippen LogP contribution in [0.25, 0.3) is 0 Å². The smallest absolute Gasteiger partial charge is 0.306 e. The van der Waals surface area contributed by atoms with E-state index in [2.05, 4.69) is 28.4 Å². The van der Waals surface area contributed by atoms with Crippen LogP contribution in [-0.4, -0.2) is 82.7 Å². The monoisotopic (exact) mass is 525 g/mol. The van der Waals surface area contributed by atoms with Gasteiger partial charge in [0.2, 0.25) is 0 Å². The number of carbonyl (C=O) groups is 1. The quantitative estimate of drug-likeness (QED) is 0.370. The number of aromatic nitrogens is 1. The zero-order valence-electron chi connectivity index (χ0n) is 23.1. The molecule has 208 valence electrons. The van der Waals surface area contributed by atoms with Crippen molar-refractivity contribution in [2.75, 3.05) is 66.0 Å². The summed E-state index contributed by atoms with van der Waals surface area (Å²) in [5, 5.41) is 3.44. The van der Waals surface area contributed by atoms with Gasteiger partial charge in [-0.05, 0) is 73.9 Å². The molecule has 2 unspecified atom stereocenters. The Morgan fingerprint density at radius 3 is 2.79 bits per heavy atom. The summed E-state index contributed by atoms with van der Waals surface area (Å²) in [6.07, 6.45) is 5.76. The number of ether oxygens (including phenoxy) is 4. The molecule has 1 N–H and O–H groups in total. The summed E-state index contributed by atoms with van der Waals surface area (Å²) in [5.41, 5.74) is 3.60. The van der Waals surface area contributed by atoms with Crippen molar-refractivity contribution in [1.29, 1.82) is 0 Å². The largest absolute Gasteiger partial charge is 0.486 e. The number of benzene rings is 1. The minimum Gasteiger partial charge on any atom is -0.486 e. The van der Waals surface area contributed by atoms with Gasteiger partial charge < -0.3 is 29.2 Å². The molecule has 0 aliphatic carbocycles. The zero-order chi connectivity index (χ0) is 26.7. The van der Waals surface area contributed by atoms with E-state index in [0.717, 1.165) is 62.6 Å². The number of anilines is 1. The van der Waals surface area contributed by atoms with Crippen molar-refractivity contribution in [3.05, 3.63) is 53.2 Å². The van der Waals surface area contributed by atoms with Crippen LogP contribution < -0.4 is 10.1 Å². The van der Waals surface area contributed by atoms with E-state index in [4.69, 9.17) is 23.9 Å². The third kappa shape index (κ3) is 8.16. The van der Waals surface area contributed by atoms with E-state index in [1.54, 1.807) is 14.2 Å². The molecule has 0 amide bonds. The maximum Gasteiger partial charge on any atom is 0.306 e. The number of aryl methyl sites for hydroxylation is 2. The van der Waals surface area contributed by atoms with Gasteiger partial charge in [-0.1, -0.05) is 18.2 Å². The normalized spacial score (nSPS) is 18.2. The van der Waals surface area contributed by atoms with Crippen molar-refractivity contribution in [3.8, 4) is 5.75 Å². The maximum absolute atomic E-state index is 12.3. The predicted molar refractivity (Wildman–Crippen MR) is 148 cm³/mol. The van der Waals surface area contributed by atoms with E-state index in [-0.39, 0.29) is 18.0 Å². The van der Waals surface area contributed by atoms with Gasteiger partial charge in [-0.3, -0.25) is 4.79 Å². The van der Waals surface area contributed by atoms with Crippen molar-refractivity contribution in [2.24, 2.45) is 5.92 Å². The molecule has 1 aromatic heterocycles. The molecule has 1 fully saturated rings. The van der Waals surface area contributed by atoms with Crippen molar-refractivity contribution in [2.45, 2.75) is 50.5 Å². The van der Waals surface area contributed by atoms with E-state index in [9.17, 15) is 4.79 Å². The molecule has 0 bridgehead atoms. The third-order valence-corrected chi connectivity index (χ3v) is 7.59. The average Bonchev–Trinajstić information content (AvgIpc) is 3.39. The Labute approximate surface area is 227 Å². The molecule has 3 heterocycles. The molecule has 4 rings (SSSR count).